The van der Waals surface area contributed by atoms with Gasteiger partial charge in [-0.1, -0.05) is 12.1 Å². The van der Waals surface area contributed by atoms with Gasteiger partial charge in [-0.15, -0.1) is 23.5 Å². The van der Waals surface area contributed by atoms with Crippen molar-refractivity contribution in [1.29, 1.82) is 0 Å². The molecule has 1 saturated heterocycles. The highest BCUT2D eigenvalue weighted by Crippen LogP contribution is 2.43. The van der Waals surface area contributed by atoms with Crippen molar-refractivity contribution < 1.29 is 9.90 Å². The van der Waals surface area contributed by atoms with E-state index in [0.717, 1.165) is 0 Å². The lowest BCUT2D eigenvalue weighted by Crippen LogP contribution is -2.01. The standard InChI is InChI=1S/C11H12O2S2/c12-10(13)8-2-4-9(5-3-8)11-14-6-1-7-15-11/h2-5,11H,1,6-7H2,(H,12,13). The van der Waals surface area contributed by atoms with E-state index in [1.54, 1.807) is 12.1 Å². The predicted molar refractivity (Wildman–Crippen MR) is 65.7 cm³/mol. The zero-order chi connectivity index (χ0) is 10.7. The molecule has 1 aromatic rings. The predicted octanol–water partition coefficient (Wildman–Crippen LogP) is 3.25. The first kappa shape index (κ1) is 10.9. The summed E-state index contributed by atoms with van der Waals surface area (Å²) in [7, 11) is 0. The third-order valence-electron chi connectivity index (χ3n) is 2.26. The van der Waals surface area contributed by atoms with Gasteiger partial charge >= 0.3 is 5.97 Å². The van der Waals surface area contributed by atoms with Crippen molar-refractivity contribution in [1.82, 2.24) is 0 Å². The molecule has 80 valence electrons. The maximum absolute atomic E-state index is 10.7. The summed E-state index contributed by atoms with van der Waals surface area (Å²) in [5.41, 5.74) is 1.60. The summed E-state index contributed by atoms with van der Waals surface area (Å²) < 4.78 is 0.488. The molecule has 0 bridgehead atoms. The number of carboxylic acid groups (broad SMARTS) is 1. The third-order valence-corrected chi connectivity index (χ3v) is 5.27. The van der Waals surface area contributed by atoms with Crippen LogP contribution in [0.15, 0.2) is 24.3 Å². The van der Waals surface area contributed by atoms with Crippen LogP contribution in [0.25, 0.3) is 0 Å². The zero-order valence-electron chi connectivity index (χ0n) is 8.18. The van der Waals surface area contributed by atoms with E-state index in [2.05, 4.69) is 0 Å². The summed E-state index contributed by atoms with van der Waals surface area (Å²) in [4.78, 5) is 10.7. The first-order valence-corrected chi connectivity index (χ1v) is 6.93. The Morgan fingerprint density at radius 1 is 1.20 bits per heavy atom. The van der Waals surface area contributed by atoms with Crippen LogP contribution in [-0.2, 0) is 0 Å². The maximum Gasteiger partial charge on any atom is 0.335 e. The molecule has 0 unspecified atom stereocenters. The van der Waals surface area contributed by atoms with Crippen LogP contribution in [0.3, 0.4) is 0 Å². The maximum atomic E-state index is 10.7. The first-order chi connectivity index (χ1) is 7.27. The summed E-state index contributed by atoms with van der Waals surface area (Å²) >= 11 is 3.89. The molecule has 2 rings (SSSR count). The minimum atomic E-state index is -0.856. The Hall–Kier alpha value is -0.610. The molecule has 2 nitrogen and oxygen atoms in total. The van der Waals surface area contributed by atoms with E-state index >= 15 is 0 Å². The highest BCUT2D eigenvalue weighted by Gasteiger charge is 2.16. The fraction of sp³-hybridized carbons (Fsp3) is 0.364. The number of hydrogen-bond acceptors (Lipinski definition) is 3. The molecule has 15 heavy (non-hydrogen) atoms. The monoisotopic (exact) mass is 240 g/mol. The molecule has 0 aromatic heterocycles. The summed E-state index contributed by atoms with van der Waals surface area (Å²) in [6.45, 7) is 0. The first-order valence-electron chi connectivity index (χ1n) is 4.84. The van der Waals surface area contributed by atoms with Gasteiger partial charge in [-0.3, -0.25) is 0 Å². The van der Waals surface area contributed by atoms with E-state index in [-0.39, 0.29) is 0 Å². The molecule has 0 aliphatic carbocycles. The van der Waals surface area contributed by atoms with Gasteiger partial charge in [0.1, 0.15) is 0 Å². The number of benzene rings is 1. The van der Waals surface area contributed by atoms with Gasteiger partial charge < -0.3 is 5.11 Å². The second kappa shape index (κ2) is 4.94. The molecule has 0 radical (unpaired) electrons. The molecule has 0 atom stereocenters. The van der Waals surface area contributed by atoms with Crippen molar-refractivity contribution in [3.8, 4) is 0 Å². The van der Waals surface area contributed by atoms with Gasteiger partial charge in [0.05, 0.1) is 10.1 Å². The van der Waals surface area contributed by atoms with Gasteiger partial charge in [0, 0.05) is 0 Å². The SMILES string of the molecule is O=C(O)c1ccc(C2SCCCS2)cc1. The van der Waals surface area contributed by atoms with Crippen molar-refractivity contribution in [2.24, 2.45) is 0 Å². The fourth-order valence-electron chi connectivity index (χ4n) is 1.46. The van der Waals surface area contributed by atoms with Crippen molar-refractivity contribution >= 4 is 29.5 Å². The van der Waals surface area contributed by atoms with Gasteiger partial charge in [-0.25, -0.2) is 4.79 Å². The lowest BCUT2D eigenvalue weighted by molar-refractivity contribution is 0.0697. The van der Waals surface area contributed by atoms with Crippen LogP contribution in [0.1, 0.15) is 26.9 Å². The largest absolute Gasteiger partial charge is 0.478 e. The molecule has 1 N–H and O–H groups in total. The number of thioether (sulfide) groups is 2. The number of carboxylic acids is 1. The van der Waals surface area contributed by atoms with Crippen LogP contribution < -0.4 is 0 Å². The summed E-state index contributed by atoms with van der Waals surface area (Å²) in [5.74, 6) is 1.56. The smallest absolute Gasteiger partial charge is 0.335 e. The summed E-state index contributed by atoms with van der Waals surface area (Å²) in [6.07, 6.45) is 1.28. The Kier molecular flexibility index (Phi) is 3.59. The van der Waals surface area contributed by atoms with E-state index in [0.29, 0.717) is 10.1 Å². The molecule has 1 aromatic carbocycles. The number of hydrogen-bond donors (Lipinski definition) is 1. The van der Waals surface area contributed by atoms with E-state index in [1.807, 2.05) is 35.7 Å². The van der Waals surface area contributed by atoms with E-state index in [1.165, 1.54) is 23.5 Å². The molecular formula is C11H12O2S2. The molecule has 1 aliphatic rings. The highest BCUT2D eigenvalue weighted by atomic mass is 32.2. The number of rotatable bonds is 2. The molecule has 0 amide bonds. The summed E-state index contributed by atoms with van der Waals surface area (Å²) in [5, 5.41) is 8.78. The molecule has 1 aliphatic heterocycles. The van der Waals surface area contributed by atoms with Crippen LogP contribution in [0.4, 0.5) is 0 Å². The lowest BCUT2D eigenvalue weighted by atomic mass is 10.1. The molecular weight excluding hydrogens is 228 g/mol. The van der Waals surface area contributed by atoms with Crippen LogP contribution >= 0.6 is 23.5 Å². The van der Waals surface area contributed by atoms with Crippen molar-refractivity contribution in [2.75, 3.05) is 11.5 Å². The van der Waals surface area contributed by atoms with Crippen molar-refractivity contribution in [3.63, 3.8) is 0 Å². The number of aromatic carboxylic acids is 1. The Bertz CT molecular complexity index is 342. The Morgan fingerprint density at radius 3 is 2.33 bits per heavy atom. The fourth-order valence-corrected chi connectivity index (χ4v) is 4.36. The van der Waals surface area contributed by atoms with Gasteiger partial charge in [0.15, 0.2) is 0 Å². The Morgan fingerprint density at radius 2 is 1.80 bits per heavy atom. The van der Waals surface area contributed by atoms with Crippen molar-refractivity contribution in [2.45, 2.75) is 11.0 Å². The van der Waals surface area contributed by atoms with Crippen molar-refractivity contribution in [3.05, 3.63) is 35.4 Å². The summed E-state index contributed by atoms with van der Waals surface area (Å²) in [6, 6.07) is 7.24. The van der Waals surface area contributed by atoms with Crippen LogP contribution in [0.5, 0.6) is 0 Å². The second-order valence-electron chi connectivity index (χ2n) is 3.35. The molecule has 1 fully saturated rings. The Balaban J connectivity index is 2.11. The molecule has 4 heteroatoms. The normalized spacial score (nSPS) is 17.6. The molecule has 1 heterocycles. The quantitative estimate of drug-likeness (QED) is 0.861. The molecule has 0 spiro atoms. The zero-order valence-corrected chi connectivity index (χ0v) is 9.81. The topological polar surface area (TPSA) is 37.3 Å². The van der Waals surface area contributed by atoms with E-state index in [9.17, 15) is 4.79 Å². The average Bonchev–Trinajstić information content (AvgIpc) is 2.30. The van der Waals surface area contributed by atoms with Gasteiger partial charge in [-0.2, -0.15) is 0 Å². The van der Waals surface area contributed by atoms with Gasteiger partial charge in [-0.05, 0) is 35.6 Å². The minimum absolute atomic E-state index is 0.365. The number of carbonyl (C=O) groups is 1. The van der Waals surface area contributed by atoms with E-state index < -0.39 is 5.97 Å². The van der Waals surface area contributed by atoms with Gasteiger partial charge in [0.2, 0.25) is 0 Å². The average molecular weight is 240 g/mol. The second-order valence-corrected chi connectivity index (χ2v) is 6.08. The molecule has 0 saturated carbocycles. The highest BCUT2D eigenvalue weighted by molar-refractivity contribution is 8.16. The van der Waals surface area contributed by atoms with Gasteiger partial charge in [0.25, 0.3) is 0 Å². The van der Waals surface area contributed by atoms with E-state index in [4.69, 9.17) is 5.11 Å². The van der Waals surface area contributed by atoms with Crippen LogP contribution in [0.2, 0.25) is 0 Å². The lowest BCUT2D eigenvalue weighted by Gasteiger charge is -2.21. The van der Waals surface area contributed by atoms with Crippen LogP contribution in [0, 0.1) is 0 Å². The minimum Gasteiger partial charge on any atom is -0.478 e. The Labute approximate surface area is 97.5 Å². The third kappa shape index (κ3) is 2.69. The van der Waals surface area contributed by atoms with Crippen LogP contribution in [-0.4, -0.2) is 22.6 Å².